The van der Waals surface area contributed by atoms with Gasteiger partial charge < -0.3 is 29.5 Å². The number of halogens is 3. The summed E-state index contributed by atoms with van der Waals surface area (Å²) in [5, 5.41) is 12.3. The van der Waals surface area contributed by atoms with Crippen LogP contribution in [-0.4, -0.2) is 64.0 Å². The molecular formula is C35H40F3N5O4. The first-order valence-corrected chi connectivity index (χ1v) is 15.5. The van der Waals surface area contributed by atoms with Gasteiger partial charge in [0.1, 0.15) is 17.4 Å². The van der Waals surface area contributed by atoms with Crippen LogP contribution < -0.4 is 24.8 Å². The number of nitrogens with one attached hydrogen (secondary N) is 1. The van der Waals surface area contributed by atoms with Gasteiger partial charge in [0.15, 0.2) is 0 Å². The molecule has 9 nitrogen and oxygen atoms in total. The van der Waals surface area contributed by atoms with Gasteiger partial charge in [-0.1, -0.05) is 24.3 Å². The molecule has 2 amide bonds. The average Bonchev–Trinajstić information content (AvgIpc) is 3.03. The molecule has 1 heterocycles. The fraction of sp³-hybridized carbons (Fsp3) is 0.400. The molecule has 12 heteroatoms. The summed E-state index contributed by atoms with van der Waals surface area (Å²) in [6, 6.07) is 18.7. The van der Waals surface area contributed by atoms with Crippen molar-refractivity contribution in [1.29, 1.82) is 5.26 Å². The van der Waals surface area contributed by atoms with Gasteiger partial charge in [-0.15, -0.1) is 0 Å². The van der Waals surface area contributed by atoms with E-state index < -0.39 is 23.4 Å². The topological polar surface area (TPSA) is 98.1 Å². The van der Waals surface area contributed by atoms with Crippen LogP contribution in [-0.2, 0) is 15.7 Å². The van der Waals surface area contributed by atoms with Crippen molar-refractivity contribution in [2.45, 2.75) is 45.9 Å². The van der Waals surface area contributed by atoms with E-state index in [-0.39, 0.29) is 5.56 Å². The Morgan fingerprint density at radius 1 is 1.00 bits per heavy atom. The maximum atomic E-state index is 13.2. The molecule has 0 unspecified atom stereocenters. The van der Waals surface area contributed by atoms with Crippen molar-refractivity contribution >= 4 is 29.6 Å². The SMILES string of the molecule is CCOc1ccccc1-c1ccc(N2CCN(c3ccc(C(F)(F)F)cc3C#N)CC2)c(N(C=O)CCCNC(=O)OC(C)(C)C)c1. The van der Waals surface area contributed by atoms with Gasteiger partial charge in [0.05, 0.1) is 34.8 Å². The smallest absolute Gasteiger partial charge is 0.416 e. The van der Waals surface area contributed by atoms with Gasteiger partial charge in [-0.25, -0.2) is 4.79 Å². The van der Waals surface area contributed by atoms with E-state index in [2.05, 4.69) is 10.2 Å². The molecule has 3 aromatic rings. The van der Waals surface area contributed by atoms with E-state index in [0.29, 0.717) is 69.4 Å². The molecule has 0 saturated carbocycles. The Labute approximate surface area is 273 Å². The Hall–Kier alpha value is -4.92. The van der Waals surface area contributed by atoms with E-state index in [1.807, 2.05) is 60.4 Å². The van der Waals surface area contributed by atoms with Crippen LogP contribution in [0.2, 0.25) is 0 Å². The number of amides is 2. The molecule has 0 spiro atoms. The van der Waals surface area contributed by atoms with Crippen LogP contribution in [0.25, 0.3) is 11.1 Å². The number of piperazine rings is 1. The predicted octanol–water partition coefficient (Wildman–Crippen LogP) is 6.85. The number of anilines is 3. The molecule has 250 valence electrons. The second-order valence-electron chi connectivity index (χ2n) is 12.0. The van der Waals surface area contributed by atoms with Crippen molar-refractivity contribution in [2.24, 2.45) is 0 Å². The summed E-state index contributed by atoms with van der Waals surface area (Å²) in [5.41, 5.74) is 2.14. The summed E-state index contributed by atoms with van der Waals surface area (Å²) < 4.78 is 50.9. The fourth-order valence-corrected chi connectivity index (χ4v) is 5.42. The van der Waals surface area contributed by atoms with Crippen LogP contribution >= 0.6 is 0 Å². The highest BCUT2D eigenvalue weighted by Gasteiger charge is 2.32. The lowest BCUT2D eigenvalue weighted by Crippen LogP contribution is -2.47. The lowest BCUT2D eigenvalue weighted by atomic mass is 10.0. The number of rotatable bonds is 11. The van der Waals surface area contributed by atoms with E-state index in [4.69, 9.17) is 9.47 Å². The van der Waals surface area contributed by atoms with Crippen LogP contribution in [0, 0.1) is 11.3 Å². The number of carbonyl (C=O) groups is 2. The van der Waals surface area contributed by atoms with E-state index >= 15 is 0 Å². The first kappa shape index (κ1) is 34.9. The Balaban J connectivity index is 1.58. The quantitative estimate of drug-likeness (QED) is 0.179. The van der Waals surface area contributed by atoms with Crippen LogP contribution in [0.3, 0.4) is 0 Å². The number of para-hydroxylation sites is 1. The fourth-order valence-electron chi connectivity index (χ4n) is 5.42. The Bertz CT molecular complexity index is 1590. The minimum absolute atomic E-state index is 0.0293. The van der Waals surface area contributed by atoms with Crippen molar-refractivity contribution in [3.05, 3.63) is 71.8 Å². The van der Waals surface area contributed by atoms with Crippen molar-refractivity contribution < 1.29 is 32.2 Å². The number of hydrogen-bond donors (Lipinski definition) is 1. The molecule has 0 atom stereocenters. The predicted molar refractivity (Wildman–Crippen MR) is 176 cm³/mol. The molecule has 1 N–H and O–H groups in total. The summed E-state index contributed by atoms with van der Waals surface area (Å²) in [6.07, 6.45) is -3.83. The highest BCUT2D eigenvalue weighted by molar-refractivity contribution is 5.88. The Kier molecular flexibility index (Phi) is 11.2. The molecule has 0 radical (unpaired) electrons. The van der Waals surface area contributed by atoms with Crippen molar-refractivity contribution in [1.82, 2.24) is 5.32 Å². The average molecular weight is 652 g/mol. The lowest BCUT2D eigenvalue weighted by Gasteiger charge is -2.39. The molecule has 0 aromatic heterocycles. The number of carbonyl (C=O) groups excluding carboxylic acids is 2. The minimum Gasteiger partial charge on any atom is -0.493 e. The van der Waals surface area contributed by atoms with Crippen molar-refractivity contribution in [2.75, 3.05) is 60.6 Å². The zero-order valence-electron chi connectivity index (χ0n) is 27.1. The molecule has 4 rings (SSSR count). The van der Waals surface area contributed by atoms with Gasteiger partial charge in [-0.05, 0) is 76.1 Å². The van der Waals surface area contributed by atoms with Gasteiger partial charge in [0.25, 0.3) is 0 Å². The standard InChI is InChI=1S/C35H40F3N5O4/c1-5-46-32-10-7-6-9-28(32)25-11-13-30(31(22-25)43(24-44)16-8-15-40-33(45)47-34(2,3)4)42-19-17-41(18-20-42)29-14-12-27(35(36,37)38)21-26(29)23-39/h6-7,9-14,21-22,24H,5,8,15-20H2,1-4H3,(H,40,45). The van der Waals surface area contributed by atoms with Gasteiger partial charge in [0, 0.05) is 44.8 Å². The summed E-state index contributed by atoms with van der Waals surface area (Å²) in [5.74, 6) is 0.714. The number of hydrogen-bond acceptors (Lipinski definition) is 7. The number of nitriles is 1. The van der Waals surface area contributed by atoms with Gasteiger partial charge >= 0.3 is 12.3 Å². The number of alkyl carbamates (subject to hydrolysis) is 1. The van der Waals surface area contributed by atoms with Crippen LogP contribution in [0.4, 0.5) is 35.0 Å². The van der Waals surface area contributed by atoms with Gasteiger partial charge in [0.2, 0.25) is 6.41 Å². The highest BCUT2D eigenvalue weighted by atomic mass is 19.4. The number of benzene rings is 3. The lowest BCUT2D eigenvalue weighted by molar-refractivity contribution is -0.137. The Morgan fingerprint density at radius 2 is 1.66 bits per heavy atom. The normalized spacial score (nSPS) is 13.5. The third kappa shape index (κ3) is 9.09. The molecule has 1 aliphatic rings. The molecule has 1 saturated heterocycles. The van der Waals surface area contributed by atoms with E-state index in [0.717, 1.165) is 35.4 Å². The largest absolute Gasteiger partial charge is 0.493 e. The third-order valence-electron chi connectivity index (χ3n) is 7.56. The second-order valence-corrected chi connectivity index (χ2v) is 12.0. The summed E-state index contributed by atoms with van der Waals surface area (Å²) in [4.78, 5) is 30.3. The number of ether oxygens (including phenoxy) is 2. The number of nitrogens with zero attached hydrogens (tertiary/aromatic N) is 4. The third-order valence-corrected chi connectivity index (χ3v) is 7.56. The molecule has 3 aromatic carbocycles. The monoisotopic (exact) mass is 651 g/mol. The maximum absolute atomic E-state index is 13.2. The summed E-state index contributed by atoms with van der Waals surface area (Å²) >= 11 is 0. The Morgan fingerprint density at radius 3 is 2.28 bits per heavy atom. The maximum Gasteiger partial charge on any atom is 0.416 e. The van der Waals surface area contributed by atoms with Crippen LogP contribution in [0.15, 0.2) is 60.7 Å². The molecule has 0 aliphatic carbocycles. The summed E-state index contributed by atoms with van der Waals surface area (Å²) in [7, 11) is 0. The van der Waals surface area contributed by atoms with Gasteiger partial charge in [-0.2, -0.15) is 18.4 Å². The van der Waals surface area contributed by atoms with E-state index in [1.165, 1.54) is 6.07 Å². The van der Waals surface area contributed by atoms with Crippen molar-refractivity contribution in [3.8, 4) is 22.9 Å². The second kappa shape index (κ2) is 15.1. The van der Waals surface area contributed by atoms with E-state index in [9.17, 15) is 28.0 Å². The minimum atomic E-state index is -4.54. The molecular weight excluding hydrogens is 611 g/mol. The van der Waals surface area contributed by atoms with Gasteiger partial charge in [-0.3, -0.25) is 4.79 Å². The number of alkyl halides is 3. The zero-order chi connectivity index (χ0) is 34.2. The molecule has 0 bridgehead atoms. The first-order chi connectivity index (χ1) is 22.3. The molecule has 1 aliphatic heterocycles. The van der Waals surface area contributed by atoms with Crippen molar-refractivity contribution in [3.63, 3.8) is 0 Å². The van der Waals surface area contributed by atoms with Crippen LogP contribution in [0.1, 0.15) is 45.2 Å². The van der Waals surface area contributed by atoms with Crippen LogP contribution in [0.5, 0.6) is 5.75 Å². The summed E-state index contributed by atoms with van der Waals surface area (Å²) in [6.45, 7) is 10.3. The first-order valence-electron chi connectivity index (χ1n) is 15.5. The molecule has 1 fully saturated rings. The molecule has 47 heavy (non-hydrogen) atoms. The highest BCUT2D eigenvalue weighted by Crippen LogP contribution is 2.38. The van der Waals surface area contributed by atoms with E-state index in [1.54, 1.807) is 25.7 Å². The zero-order valence-corrected chi connectivity index (χ0v) is 27.1.